The maximum absolute atomic E-state index is 12.4. The Bertz CT molecular complexity index is 530. The molecule has 1 amide bonds. The van der Waals surface area contributed by atoms with Crippen molar-refractivity contribution >= 4 is 5.91 Å². The van der Waals surface area contributed by atoms with Gasteiger partial charge >= 0.3 is 0 Å². The number of nitrogens with zero attached hydrogens (tertiary/aromatic N) is 1. The predicted octanol–water partition coefficient (Wildman–Crippen LogP) is 2.28. The molecule has 2 aliphatic rings. The number of piperidine rings is 1. The molecular formula is C18H26N2O2. The van der Waals surface area contributed by atoms with Gasteiger partial charge in [-0.15, -0.1) is 0 Å². The van der Waals surface area contributed by atoms with Crippen molar-refractivity contribution in [2.75, 3.05) is 26.2 Å². The molecule has 3 rings (SSSR count). The molecule has 0 aliphatic carbocycles. The first-order valence-corrected chi connectivity index (χ1v) is 8.37. The van der Waals surface area contributed by atoms with Gasteiger partial charge in [0.25, 0.3) is 0 Å². The summed E-state index contributed by atoms with van der Waals surface area (Å²) in [6.07, 6.45) is 3.07. The van der Waals surface area contributed by atoms with E-state index in [1.165, 1.54) is 11.1 Å². The number of ether oxygens (including phenoxy) is 1. The van der Waals surface area contributed by atoms with E-state index in [-0.39, 0.29) is 12.0 Å². The molecular weight excluding hydrogens is 276 g/mol. The van der Waals surface area contributed by atoms with E-state index in [9.17, 15) is 4.79 Å². The van der Waals surface area contributed by atoms with Gasteiger partial charge in [0.1, 0.15) is 11.9 Å². The van der Waals surface area contributed by atoms with Crippen molar-refractivity contribution in [3.63, 3.8) is 0 Å². The first-order chi connectivity index (χ1) is 10.6. The standard InChI is InChI=1S/C18H26N2O2/c1-13-3-4-17(11-14(13)2)22-16-6-9-20(10-7-16)18(21)15-5-8-19-12-15/h3-4,11,15-16,19H,5-10,12H2,1-2H3. The summed E-state index contributed by atoms with van der Waals surface area (Å²) in [5.41, 5.74) is 2.55. The van der Waals surface area contributed by atoms with E-state index in [0.717, 1.165) is 51.2 Å². The Morgan fingerprint density at radius 1 is 1.18 bits per heavy atom. The monoisotopic (exact) mass is 302 g/mol. The fraction of sp³-hybridized carbons (Fsp3) is 0.611. The van der Waals surface area contributed by atoms with E-state index in [1.807, 2.05) is 11.0 Å². The van der Waals surface area contributed by atoms with Crippen LogP contribution in [0.1, 0.15) is 30.4 Å². The van der Waals surface area contributed by atoms with E-state index < -0.39 is 0 Å². The van der Waals surface area contributed by atoms with Crippen molar-refractivity contribution in [1.82, 2.24) is 10.2 Å². The fourth-order valence-electron chi connectivity index (χ4n) is 3.30. The summed E-state index contributed by atoms with van der Waals surface area (Å²) in [7, 11) is 0. The number of hydrogen-bond donors (Lipinski definition) is 1. The first kappa shape index (κ1) is 15.3. The maximum atomic E-state index is 12.4. The minimum Gasteiger partial charge on any atom is -0.490 e. The number of benzene rings is 1. The lowest BCUT2D eigenvalue weighted by atomic mass is 10.0. The molecule has 2 fully saturated rings. The highest BCUT2D eigenvalue weighted by molar-refractivity contribution is 5.79. The Labute approximate surface area is 132 Å². The van der Waals surface area contributed by atoms with Crippen LogP contribution in [0.15, 0.2) is 18.2 Å². The van der Waals surface area contributed by atoms with Gasteiger partial charge < -0.3 is 15.0 Å². The van der Waals surface area contributed by atoms with Crippen LogP contribution in [0.5, 0.6) is 5.75 Å². The molecule has 4 heteroatoms. The van der Waals surface area contributed by atoms with Crippen molar-refractivity contribution in [2.45, 2.75) is 39.2 Å². The largest absolute Gasteiger partial charge is 0.490 e. The van der Waals surface area contributed by atoms with Gasteiger partial charge in [0, 0.05) is 32.5 Å². The van der Waals surface area contributed by atoms with Crippen LogP contribution in [0, 0.1) is 19.8 Å². The van der Waals surface area contributed by atoms with Gasteiger partial charge in [0.15, 0.2) is 0 Å². The third-order valence-corrected chi connectivity index (χ3v) is 4.94. The van der Waals surface area contributed by atoms with E-state index in [4.69, 9.17) is 4.74 Å². The van der Waals surface area contributed by atoms with Crippen LogP contribution in [0.25, 0.3) is 0 Å². The molecule has 2 saturated heterocycles. The molecule has 0 bridgehead atoms. The third-order valence-electron chi connectivity index (χ3n) is 4.94. The highest BCUT2D eigenvalue weighted by atomic mass is 16.5. The normalized spacial score (nSPS) is 22.8. The second-order valence-corrected chi connectivity index (χ2v) is 6.58. The fourth-order valence-corrected chi connectivity index (χ4v) is 3.30. The zero-order chi connectivity index (χ0) is 15.5. The molecule has 2 heterocycles. The van der Waals surface area contributed by atoms with E-state index in [1.54, 1.807) is 0 Å². The predicted molar refractivity (Wildman–Crippen MR) is 87.1 cm³/mol. The van der Waals surface area contributed by atoms with Crippen LogP contribution < -0.4 is 10.1 Å². The maximum Gasteiger partial charge on any atom is 0.227 e. The number of hydrogen-bond acceptors (Lipinski definition) is 3. The Hall–Kier alpha value is -1.55. The highest BCUT2D eigenvalue weighted by Gasteiger charge is 2.30. The second kappa shape index (κ2) is 6.69. The van der Waals surface area contributed by atoms with E-state index >= 15 is 0 Å². The molecule has 2 aliphatic heterocycles. The molecule has 0 radical (unpaired) electrons. The number of carbonyl (C=O) groups is 1. The van der Waals surface area contributed by atoms with Gasteiger partial charge in [-0.1, -0.05) is 6.07 Å². The lowest BCUT2D eigenvalue weighted by Crippen LogP contribution is -2.44. The Kier molecular flexibility index (Phi) is 4.67. The third kappa shape index (κ3) is 3.43. The number of nitrogens with one attached hydrogen (secondary N) is 1. The molecule has 1 atom stereocenters. The number of likely N-dealkylation sites (tertiary alicyclic amines) is 1. The summed E-state index contributed by atoms with van der Waals surface area (Å²) in [5, 5.41) is 3.27. The molecule has 1 N–H and O–H groups in total. The quantitative estimate of drug-likeness (QED) is 0.931. The molecule has 22 heavy (non-hydrogen) atoms. The van der Waals surface area contributed by atoms with Crippen LogP contribution in [0.4, 0.5) is 0 Å². The van der Waals surface area contributed by atoms with Crippen LogP contribution in [-0.4, -0.2) is 43.1 Å². The Morgan fingerprint density at radius 3 is 2.59 bits per heavy atom. The van der Waals surface area contributed by atoms with Gasteiger partial charge in [0.2, 0.25) is 5.91 Å². The summed E-state index contributed by atoms with van der Waals surface area (Å²) in [6, 6.07) is 6.26. The Morgan fingerprint density at radius 2 is 1.95 bits per heavy atom. The molecule has 1 aromatic rings. The van der Waals surface area contributed by atoms with E-state index in [0.29, 0.717) is 5.91 Å². The molecule has 120 valence electrons. The number of amides is 1. The minimum atomic E-state index is 0.192. The summed E-state index contributed by atoms with van der Waals surface area (Å²) in [6.45, 7) is 7.69. The zero-order valence-corrected chi connectivity index (χ0v) is 13.6. The second-order valence-electron chi connectivity index (χ2n) is 6.58. The van der Waals surface area contributed by atoms with Crippen LogP contribution in [-0.2, 0) is 4.79 Å². The lowest BCUT2D eigenvalue weighted by molar-refractivity contribution is -0.136. The van der Waals surface area contributed by atoms with Gasteiger partial charge in [0.05, 0.1) is 5.92 Å². The van der Waals surface area contributed by atoms with Crippen LogP contribution >= 0.6 is 0 Å². The first-order valence-electron chi connectivity index (χ1n) is 8.37. The van der Waals surface area contributed by atoms with Crippen molar-refractivity contribution in [3.05, 3.63) is 29.3 Å². The summed E-state index contributed by atoms with van der Waals surface area (Å²) in [5.74, 6) is 1.47. The van der Waals surface area contributed by atoms with Crippen LogP contribution in [0.3, 0.4) is 0 Å². The number of aryl methyl sites for hydroxylation is 2. The smallest absolute Gasteiger partial charge is 0.227 e. The van der Waals surface area contributed by atoms with Crippen molar-refractivity contribution in [3.8, 4) is 5.75 Å². The molecule has 1 unspecified atom stereocenters. The summed E-state index contributed by atoms with van der Waals surface area (Å²) in [4.78, 5) is 14.4. The van der Waals surface area contributed by atoms with Crippen molar-refractivity contribution in [2.24, 2.45) is 5.92 Å². The summed E-state index contributed by atoms with van der Waals surface area (Å²) >= 11 is 0. The van der Waals surface area contributed by atoms with Gasteiger partial charge in [-0.3, -0.25) is 4.79 Å². The average molecular weight is 302 g/mol. The van der Waals surface area contributed by atoms with Gasteiger partial charge in [-0.25, -0.2) is 0 Å². The number of rotatable bonds is 3. The SMILES string of the molecule is Cc1ccc(OC2CCN(C(=O)C3CCNC3)CC2)cc1C. The molecule has 0 aromatic heterocycles. The van der Waals surface area contributed by atoms with Crippen molar-refractivity contribution < 1.29 is 9.53 Å². The van der Waals surface area contributed by atoms with Gasteiger partial charge in [-0.05, 0) is 50.1 Å². The average Bonchev–Trinajstić information content (AvgIpc) is 3.05. The minimum absolute atomic E-state index is 0.192. The Balaban J connectivity index is 1.51. The van der Waals surface area contributed by atoms with Crippen LogP contribution in [0.2, 0.25) is 0 Å². The topological polar surface area (TPSA) is 41.6 Å². The number of carbonyl (C=O) groups excluding carboxylic acids is 1. The molecule has 4 nitrogen and oxygen atoms in total. The highest BCUT2D eigenvalue weighted by Crippen LogP contribution is 2.23. The summed E-state index contributed by atoms with van der Waals surface area (Å²) < 4.78 is 6.09. The molecule has 1 aromatic carbocycles. The van der Waals surface area contributed by atoms with Crippen molar-refractivity contribution in [1.29, 1.82) is 0 Å². The zero-order valence-electron chi connectivity index (χ0n) is 13.6. The molecule has 0 saturated carbocycles. The molecule has 0 spiro atoms. The van der Waals surface area contributed by atoms with E-state index in [2.05, 4.69) is 31.3 Å². The lowest BCUT2D eigenvalue weighted by Gasteiger charge is -2.33. The van der Waals surface area contributed by atoms with Gasteiger partial charge in [-0.2, -0.15) is 0 Å².